The maximum Gasteiger partial charge on any atom is 0.126 e. The van der Waals surface area contributed by atoms with Crippen molar-refractivity contribution in [1.82, 2.24) is 0 Å². The van der Waals surface area contributed by atoms with Crippen LogP contribution in [0.4, 0.5) is 8.78 Å². The van der Waals surface area contributed by atoms with Crippen LogP contribution >= 0.6 is 0 Å². The largest absolute Gasteiger partial charge is 0.393 e. The van der Waals surface area contributed by atoms with Crippen LogP contribution in [0, 0.1) is 17.6 Å². The Labute approximate surface area is 100 Å². The molecule has 1 aliphatic rings. The van der Waals surface area contributed by atoms with E-state index in [0.717, 1.165) is 38.2 Å². The third-order valence-electron chi connectivity index (χ3n) is 3.54. The molecule has 3 heteroatoms. The molecule has 1 nitrogen and oxygen atoms in total. The van der Waals surface area contributed by atoms with E-state index in [1.807, 2.05) is 0 Å². The summed E-state index contributed by atoms with van der Waals surface area (Å²) in [6.07, 6.45) is 5.28. The molecule has 1 aromatic rings. The maximum atomic E-state index is 13.1. The topological polar surface area (TPSA) is 20.2 Å². The molecule has 1 fully saturated rings. The zero-order chi connectivity index (χ0) is 12.3. The van der Waals surface area contributed by atoms with E-state index in [0.29, 0.717) is 12.0 Å². The van der Waals surface area contributed by atoms with Gasteiger partial charge in [0.15, 0.2) is 0 Å². The molecule has 1 aliphatic carbocycles. The highest BCUT2D eigenvalue weighted by atomic mass is 19.1. The third kappa shape index (κ3) is 3.50. The molecule has 2 rings (SSSR count). The minimum atomic E-state index is -0.539. The van der Waals surface area contributed by atoms with Crippen molar-refractivity contribution >= 4 is 0 Å². The molecule has 0 saturated heterocycles. The van der Waals surface area contributed by atoms with Crippen LogP contribution in [0.1, 0.15) is 37.7 Å². The molecule has 2 unspecified atom stereocenters. The number of aliphatic hydroxyl groups excluding tert-OH is 1. The van der Waals surface area contributed by atoms with Crippen molar-refractivity contribution in [1.29, 1.82) is 0 Å². The molecule has 0 amide bonds. The Morgan fingerprint density at radius 3 is 2.35 bits per heavy atom. The van der Waals surface area contributed by atoms with Crippen LogP contribution in [0.2, 0.25) is 0 Å². The summed E-state index contributed by atoms with van der Waals surface area (Å²) in [5, 5.41) is 9.96. The molecule has 1 saturated carbocycles. The van der Waals surface area contributed by atoms with Crippen molar-refractivity contribution < 1.29 is 13.9 Å². The molecule has 17 heavy (non-hydrogen) atoms. The second-order valence-corrected chi connectivity index (χ2v) is 4.95. The number of hydrogen-bond donors (Lipinski definition) is 1. The summed E-state index contributed by atoms with van der Waals surface area (Å²) in [6.45, 7) is 0. The van der Waals surface area contributed by atoms with Crippen LogP contribution in [-0.4, -0.2) is 11.2 Å². The van der Waals surface area contributed by atoms with Crippen molar-refractivity contribution in [2.24, 2.45) is 5.92 Å². The molecule has 2 atom stereocenters. The number of hydrogen-bond acceptors (Lipinski definition) is 1. The van der Waals surface area contributed by atoms with E-state index in [1.165, 1.54) is 12.1 Å². The molecule has 0 bridgehead atoms. The Morgan fingerprint density at radius 1 is 1.00 bits per heavy atom. The van der Waals surface area contributed by atoms with Crippen molar-refractivity contribution in [3.8, 4) is 0 Å². The maximum absolute atomic E-state index is 13.1. The summed E-state index contributed by atoms with van der Waals surface area (Å²) in [5.41, 5.74) is 0.647. The second-order valence-electron chi connectivity index (χ2n) is 4.95. The van der Waals surface area contributed by atoms with E-state index in [2.05, 4.69) is 0 Å². The molecular weight excluding hydrogens is 222 g/mol. The van der Waals surface area contributed by atoms with Crippen LogP contribution in [0.25, 0.3) is 0 Å². The Kier molecular flexibility index (Phi) is 4.11. The minimum absolute atomic E-state index is 0.138. The lowest BCUT2D eigenvalue weighted by Gasteiger charge is -2.20. The Balaban J connectivity index is 2.07. The van der Waals surface area contributed by atoms with Crippen molar-refractivity contribution in [2.75, 3.05) is 0 Å². The lowest BCUT2D eigenvalue weighted by Crippen LogP contribution is -2.21. The number of aliphatic hydroxyl groups is 1. The molecule has 0 aliphatic heterocycles. The zero-order valence-corrected chi connectivity index (χ0v) is 9.83. The first-order chi connectivity index (χ1) is 8.15. The van der Waals surface area contributed by atoms with Gasteiger partial charge in [-0.05, 0) is 42.9 Å². The lowest BCUT2D eigenvalue weighted by molar-refractivity contribution is 0.101. The van der Waals surface area contributed by atoms with Gasteiger partial charge in [0.2, 0.25) is 0 Å². The van der Waals surface area contributed by atoms with Gasteiger partial charge in [-0.1, -0.05) is 19.3 Å². The van der Waals surface area contributed by atoms with E-state index in [4.69, 9.17) is 0 Å². The standard InChI is InChI=1S/C14H18F2O/c15-12-7-10(8-13(16)9-12)6-11-4-2-1-3-5-14(11)17/h7-9,11,14,17H,1-6H2. The normalized spacial score (nSPS) is 25.6. The molecule has 0 heterocycles. The molecule has 1 N–H and O–H groups in total. The molecule has 0 spiro atoms. The predicted octanol–water partition coefficient (Wildman–Crippen LogP) is 3.45. The van der Waals surface area contributed by atoms with E-state index in [-0.39, 0.29) is 12.0 Å². The molecule has 1 aromatic carbocycles. The highest BCUT2D eigenvalue weighted by Crippen LogP contribution is 2.27. The van der Waals surface area contributed by atoms with Gasteiger partial charge < -0.3 is 5.11 Å². The summed E-state index contributed by atoms with van der Waals surface area (Å²) >= 11 is 0. The smallest absolute Gasteiger partial charge is 0.126 e. The van der Waals surface area contributed by atoms with Crippen LogP contribution in [-0.2, 0) is 6.42 Å². The first-order valence-electron chi connectivity index (χ1n) is 6.28. The SMILES string of the molecule is OC1CCCCCC1Cc1cc(F)cc(F)c1. The summed E-state index contributed by atoms with van der Waals surface area (Å²) in [4.78, 5) is 0. The van der Waals surface area contributed by atoms with Gasteiger partial charge in [0, 0.05) is 6.07 Å². The average molecular weight is 240 g/mol. The minimum Gasteiger partial charge on any atom is -0.393 e. The highest BCUT2D eigenvalue weighted by Gasteiger charge is 2.22. The lowest BCUT2D eigenvalue weighted by atomic mass is 9.90. The van der Waals surface area contributed by atoms with Crippen molar-refractivity contribution in [2.45, 2.75) is 44.6 Å². The Hall–Kier alpha value is -0.960. The van der Waals surface area contributed by atoms with Gasteiger partial charge >= 0.3 is 0 Å². The second kappa shape index (κ2) is 5.58. The van der Waals surface area contributed by atoms with Gasteiger partial charge in [0.25, 0.3) is 0 Å². The monoisotopic (exact) mass is 240 g/mol. The van der Waals surface area contributed by atoms with Crippen molar-refractivity contribution in [3.63, 3.8) is 0 Å². The fourth-order valence-electron chi connectivity index (χ4n) is 2.63. The summed E-state index contributed by atoms with van der Waals surface area (Å²) in [6, 6.07) is 3.61. The predicted molar refractivity (Wildman–Crippen MR) is 62.6 cm³/mol. The summed E-state index contributed by atoms with van der Waals surface area (Å²) in [7, 11) is 0. The van der Waals surface area contributed by atoms with Crippen LogP contribution in [0.15, 0.2) is 18.2 Å². The fourth-order valence-corrected chi connectivity index (χ4v) is 2.63. The quantitative estimate of drug-likeness (QED) is 0.785. The molecular formula is C14H18F2O. The van der Waals surface area contributed by atoms with E-state index < -0.39 is 11.6 Å². The fraction of sp³-hybridized carbons (Fsp3) is 0.571. The van der Waals surface area contributed by atoms with Crippen LogP contribution < -0.4 is 0 Å². The van der Waals surface area contributed by atoms with Gasteiger partial charge in [-0.25, -0.2) is 8.78 Å². The van der Waals surface area contributed by atoms with Gasteiger partial charge in [-0.15, -0.1) is 0 Å². The van der Waals surface area contributed by atoms with Gasteiger partial charge in [0.05, 0.1) is 6.10 Å². The van der Waals surface area contributed by atoms with E-state index in [9.17, 15) is 13.9 Å². The summed E-state index contributed by atoms with van der Waals surface area (Å²) in [5.74, 6) is -0.940. The number of benzene rings is 1. The van der Waals surface area contributed by atoms with Crippen molar-refractivity contribution in [3.05, 3.63) is 35.4 Å². The molecule has 0 radical (unpaired) electrons. The van der Waals surface area contributed by atoms with E-state index >= 15 is 0 Å². The summed E-state index contributed by atoms with van der Waals surface area (Å²) < 4.78 is 26.1. The highest BCUT2D eigenvalue weighted by molar-refractivity contribution is 5.18. The Morgan fingerprint density at radius 2 is 1.65 bits per heavy atom. The number of halogens is 2. The zero-order valence-electron chi connectivity index (χ0n) is 9.83. The van der Waals surface area contributed by atoms with Crippen LogP contribution in [0.3, 0.4) is 0 Å². The molecule has 94 valence electrons. The first-order valence-corrected chi connectivity index (χ1v) is 6.28. The van der Waals surface area contributed by atoms with Crippen LogP contribution in [0.5, 0.6) is 0 Å². The van der Waals surface area contributed by atoms with Gasteiger partial charge in [0.1, 0.15) is 11.6 Å². The average Bonchev–Trinajstić information content (AvgIpc) is 2.43. The van der Waals surface area contributed by atoms with E-state index in [1.54, 1.807) is 0 Å². The number of rotatable bonds is 2. The first kappa shape index (κ1) is 12.5. The van der Waals surface area contributed by atoms with Gasteiger partial charge in [-0.3, -0.25) is 0 Å². The van der Waals surface area contributed by atoms with Gasteiger partial charge in [-0.2, -0.15) is 0 Å². The Bertz CT molecular complexity index is 358. The molecule has 0 aromatic heterocycles. The third-order valence-corrected chi connectivity index (χ3v) is 3.54.